The maximum absolute atomic E-state index is 10.9. The Hall–Kier alpha value is -1.40. The van der Waals surface area contributed by atoms with E-state index >= 15 is 0 Å². The molecule has 0 spiro atoms. The van der Waals surface area contributed by atoms with E-state index in [1.165, 1.54) is 0 Å². The minimum Gasteiger partial charge on any atom is -0.349 e. The van der Waals surface area contributed by atoms with E-state index in [1.54, 1.807) is 11.3 Å². The lowest BCUT2D eigenvalue weighted by molar-refractivity contribution is -0.119. The number of aromatic nitrogens is 2. The SMILES string of the molecule is NCC(=O)NCc1cn2ccsc2n1. The molecule has 0 aliphatic carbocycles. The number of carbonyl (C=O) groups excluding carboxylic acids is 1. The highest BCUT2D eigenvalue weighted by Crippen LogP contribution is 2.10. The van der Waals surface area contributed by atoms with Gasteiger partial charge in [0.1, 0.15) is 0 Å². The summed E-state index contributed by atoms with van der Waals surface area (Å²) in [5.74, 6) is -0.165. The van der Waals surface area contributed by atoms with Gasteiger partial charge >= 0.3 is 0 Å². The van der Waals surface area contributed by atoms with Gasteiger partial charge in [0, 0.05) is 17.8 Å². The van der Waals surface area contributed by atoms with Crippen LogP contribution >= 0.6 is 11.3 Å². The monoisotopic (exact) mass is 210 g/mol. The Kier molecular flexibility index (Phi) is 2.47. The zero-order valence-electron chi connectivity index (χ0n) is 7.43. The molecule has 2 heterocycles. The van der Waals surface area contributed by atoms with Gasteiger partial charge in [0.2, 0.25) is 5.91 Å². The van der Waals surface area contributed by atoms with Crippen molar-refractivity contribution in [1.29, 1.82) is 0 Å². The van der Waals surface area contributed by atoms with Crippen molar-refractivity contribution in [1.82, 2.24) is 14.7 Å². The molecule has 3 N–H and O–H groups in total. The first-order valence-corrected chi connectivity index (χ1v) is 5.05. The summed E-state index contributed by atoms with van der Waals surface area (Å²) in [4.78, 5) is 16.1. The number of hydrogen-bond acceptors (Lipinski definition) is 4. The van der Waals surface area contributed by atoms with Crippen LogP contribution in [-0.2, 0) is 11.3 Å². The fraction of sp³-hybridized carbons (Fsp3) is 0.250. The van der Waals surface area contributed by atoms with Crippen molar-refractivity contribution >= 4 is 22.2 Å². The van der Waals surface area contributed by atoms with Crippen molar-refractivity contribution in [3.63, 3.8) is 0 Å². The summed E-state index contributed by atoms with van der Waals surface area (Å²) in [6, 6.07) is 0. The smallest absolute Gasteiger partial charge is 0.234 e. The van der Waals surface area contributed by atoms with E-state index in [9.17, 15) is 4.79 Å². The zero-order chi connectivity index (χ0) is 9.97. The predicted octanol–water partition coefficient (Wildman–Crippen LogP) is -0.0293. The van der Waals surface area contributed by atoms with Crippen LogP contribution in [-0.4, -0.2) is 21.8 Å². The standard InChI is InChI=1S/C8H10N4OS/c9-3-7(13)10-4-6-5-12-1-2-14-8(12)11-6/h1-2,5H,3-4,9H2,(H,10,13). The molecule has 2 rings (SSSR count). The lowest BCUT2D eigenvalue weighted by Crippen LogP contribution is -2.29. The summed E-state index contributed by atoms with van der Waals surface area (Å²) in [5, 5.41) is 4.63. The highest BCUT2D eigenvalue weighted by Gasteiger charge is 2.03. The van der Waals surface area contributed by atoms with E-state index in [4.69, 9.17) is 5.73 Å². The number of amides is 1. The molecular weight excluding hydrogens is 200 g/mol. The van der Waals surface area contributed by atoms with Gasteiger partial charge in [-0.1, -0.05) is 0 Å². The first-order valence-electron chi connectivity index (χ1n) is 4.17. The maximum Gasteiger partial charge on any atom is 0.234 e. The molecule has 0 atom stereocenters. The molecule has 2 aromatic rings. The number of imidazole rings is 1. The molecule has 0 aliphatic heterocycles. The minimum atomic E-state index is -0.165. The molecule has 74 valence electrons. The van der Waals surface area contributed by atoms with Crippen LogP contribution < -0.4 is 11.1 Å². The lowest BCUT2D eigenvalue weighted by Gasteiger charge is -1.98. The maximum atomic E-state index is 10.9. The highest BCUT2D eigenvalue weighted by molar-refractivity contribution is 7.15. The van der Waals surface area contributed by atoms with Gasteiger partial charge < -0.3 is 11.1 Å². The molecule has 0 bridgehead atoms. The Morgan fingerprint density at radius 3 is 3.29 bits per heavy atom. The van der Waals surface area contributed by atoms with Crippen molar-refractivity contribution in [2.24, 2.45) is 5.73 Å². The molecule has 0 fully saturated rings. The molecule has 14 heavy (non-hydrogen) atoms. The molecular formula is C8H10N4OS. The third kappa shape index (κ3) is 1.75. The second-order valence-electron chi connectivity index (χ2n) is 2.81. The van der Waals surface area contributed by atoms with Gasteiger partial charge in [0.15, 0.2) is 4.96 Å². The Morgan fingerprint density at radius 2 is 2.57 bits per heavy atom. The number of nitrogens with zero attached hydrogens (tertiary/aromatic N) is 2. The van der Waals surface area contributed by atoms with E-state index in [1.807, 2.05) is 22.2 Å². The van der Waals surface area contributed by atoms with Crippen LogP contribution in [0.25, 0.3) is 4.96 Å². The molecule has 2 aromatic heterocycles. The van der Waals surface area contributed by atoms with Crippen LogP contribution in [0.4, 0.5) is 0 Å². The molecule has 5 nitrogen and oxygen atoms in total. The minimum absolute atomic E-state index is 0.0161. The number of nitrogens with two attached hydrogens (primary N) is 1. The van der Waals surface area contributed by atoms with E-state index in [-0.39, 0.29) is 12.5 Å². The topological polar surface area (TPSA) is 72.4 Å². The molecule has 0 radical (unpaired) electrons. The number of thiazole rings is 1. The van der Waals surface area contributed by atoms with Crippen LogP contribution in [0.3, 0.4) is 0 Å². The lowest BCUT2D eigenvalue weighted by atomic mass is 10.4. The Morgan fingerprint density at radius 1 is 1.71 bits per heavy atom. The molecule has 0 aromatic carbocycles. The van der Waals surface area contributed by atoms with Crippen LogP contribution in [0.5, 0.6) is 0 Å². The quantitative estimate of drug-likeness (QED) is 0.747. The second-order valence-corrected chi connectivity index (χ2v) is 3.68. The number of carbonyl (C=O) groups is 1. The van der Waals surface area contributed by atoms with Crippen LogP contribution in [0.1, 0.15) is 5.69 Å². The summed E-state index contributed by atoms with van der Waals surface area (Å²) in [6.07, 6.45) is 3.82. The summed E-state index contributed by atoms with van der Waals surface area (Å²) in [5.41, 5.74) is 6.00. The van der Waals surface area contributed by atoms with Gasteiger partial charge in [-0.2, -0.15) is 0 Å². The van der Waals surface area contributed by atoms with Gasteiger partial charge in [0.25, 0.3) is 0 Å². The summed E-state index contributed by atoms with van der Waals surface area (Å²) < 4.78 is 1.93. The number of nitrogens with one attached hydrogen (secondary N) is 1. The summed E-state index contributed by atoms with van der Waals surface area (Å²) in [7, 11) is 0. The van der Waals surface area contributed by atoms with Crippen molar-refractivity contribution in [3.8, 4) is 0 Å². The Labute approximate surface area is 84.6 Å². The second kappa shape index (κ2) is 3.77. The zero-order valence-corrected chi connectivity index (χ0v) is 8.25. The van der Waals surface area contributed by atoms with Gasteiger partial charge in [-0.25, -0.2) is 4.98 Å². The molecule has 6 heteroatoms. The van der Waals surface area contributed by atoms with Crippen molar-refractivity contribution < 1.29 is 4.79 Å². The van der Waals surface area contributed by atoms with E-state index in [2.05, 4.69) is 10.3 Å². The average molecular weight is 210 g/mol. The summed E-state index contributed by atoms with van der Waals surface area (Å²) >= 11 is 1.56. The normalized spacial score (nSPS) is 10.6. The van der Waals surface area contributed by atoms with Gasteiger partial charge in [-0.15, -0.1) is 11.3 Å². The van der Waals surface area contributed by atoms with Crippen LogP contribution in [0.2, 0.25) is 0 Å². The fourth-order valence-corrected chi connectivity index (χ4v) is 1.84. The van der Waals surface area contributed by atoms with Crippen molar-refractivity contribution in [2.45, 2.75) is 6.54 Å². The van der Waals surface area contributed by atoms with E-state index in [0.717, 1.165) is 10.7 Å². The molecule has 0 aliphatic rings. The first-order chi connectivity index (χ1) is 6.79. The highest BCUT2D eigenvalue weighted by atomic mass is 32.1. The largest absolute Gasteiger partial charge is 0.349 e. The molecule has 1 amide bonds. The molecule has 0 saturated heterocycles. The van der Waals surface area contributed by atoms with Crippen molar-refractivity contribution in [2.75, 3.05) is 6.54 Å². The van der Waals surface area contributed by atoms with E-state index < -0.39 is 0 Å². The summed E-state index contributed by atoms with van der Waals surface area (Å²) in [6.45, 7) is 0.451. The predicted molar refractivity (Wildman–Crippen MR) is 54.0 cm³/mol. The third-order valence-corrected chi connectivity index (χ3v) is 2.57. The third-order valence-electron chi connectivity index (χ3n) is 1.80. The van der Waals surface area contributed by atoms with E-state index in [0.29, 0.717) is 6.54 Å². The average Bonchev–Trinajstić information content (AvgIpc) is 2.73. The molecule has 0 unspecified atom stereocenters. The first kappa shape index (κ1) is 9.17. The van der Waals surface area contributed by atoms with Crippen LogP contribution in [0, 0.1) is 0 Å². The van der Waals surface area contributed by atoms with Gasteiger partial charge in [0.05, 0.1) is 18.8 Å². The van der Waals surface area contributed by atoms with Gasteiger partial charge in [-0.05, 0) is 0 Å². The Bertz CT molecular complexity index is 418. The number of hydrogen-bond donors (Lipinski definition) is 2. The van der Waals surface area contributed by atoms with Gasteiger partial charge in [-0.3, -0.25) is 9.20 Å². The number of fused-ring (bicyclic) bond motifs is 1. The van der Waals surface area contributed by atoms with Crippen molar-refractivity contribution in [3.05, 3.63) is 23.5 Å². The molecule has 0 saturated carbocycles. The Balaban J connectivity index is 2.05. The number of rotatable bonds is 3. The fourth-order valence-electron chi connectivity index (χ4n) is 1.12. The van der Waals surface area contributed by atoms with Crippen LogP contribution in [0.15, 0.2) is 17.8 Å².